The third-order valence-corrected chi connectivity index (χ3v) is 7.03. The minimum Gasteiger partial charge on any atom is -0.391 e. The maximum atomic E-state index is 14.8. The molecular weight excluding hydrogens is 484 g/mol. The van der Waals surface area contributed by atoms with Gasteiger partial charge in [0.15, 0.2) is 17.3 Å². The van der Waals surface area contributed by atoms with Crippen LogP contribution in [-0.2, 0) is 4.79 Å². The third-order valence-electron chi connectivity index (χ3n) is 7.03. The number of β-amino-alcohol motifs (C(OH)–C–C–N with tert-alkyl or cyclic N) is 1. The second-order valence-electron chi connectivity index (χ2n) is 9.78. The van der Waals surface area contributed by atoms with Gasteiger partial charge in [-0.25, -0.2) is 22.5 Å². The molecule has 3 aromatic rings. The molecule has 36 heavy (non-hydrogen) atoms. The van der Waals surface area contributed by atoms with E-state index in [-0.39, 0.29) is 49.1 Å². The maximum absolute atomic E-state index is 14.8. The van der Waals surface area contributed by atoms with Gasteiger partial charge >= 0.3 is 0 Å². The molecule has 2 aromatic heterocycles. The summed E-state index contributed by atoms with van der Waals surface area (Å²) in [5.74, 6) is -5.08. The molecule has 3 aliphatic carbocycles. The lowest BCUT2D eigenvalue weighted by Crippen LogP contribution is -2.76. The number of aliphatic hydroxyl groups is 1. The molecule has 186 valence electrons. The first-order chi connectivity index (χ1) is 17.0. The number of hydrogen-bond acceptors (Lipinski definition) is 5. The predicted molar refractivity (Wildman–Crippen MR) is 118 cm³/mol. The van der Waals surface area contributed by atoms with Gasteiger partial charge in [-0.05, 0) is 12.1 Å². The Morgan fingerprint density at radius 2 is 1.78 bits per heavy atom. The van der Waals surface area contributed by atoms with Gasteiger partial charge in [-0.2, -0.15) is 0 Å². The number of hydrogen-bond donors (Lipinski definition) is 2. The second-order valence-corrected chi connectivity index (χ2v) is 9.78. The summed E-state index contributed by atoms with van der Waals surface area (Å²) in [6.07, 6.45) is 0.179. The SMILES string of the molecule is O=C(NC12CC(F)(C1)C2)c1cn(-c2c(F)cc(F)cc2F)c2nc(N3C[C@@H](O)CC3=O)ccc2c1=O. The standard InChI is InChI=1S/C24H18F4N4O4/c25-11-3-15(26)19(16(27)4-11)32-7-14(22(36)30-24-8-23(28,9-24)10-24)20(35)13-1-2-17(29-21(13)32)31-6-12(33)5-18(31)34/h1-4,7,12,33H,5-6,8-10H2,(H,30,36)/t12-,23?,24?/m0/s1. The van der Waals surface area contributed by atoms with Crippen LogP contribution >= 0.6 is 0 Å². The number of benzene rings is 1. The van der Waals surface area contributed by atoms with Crippen LogP contribution in [0.4, 0.5) is 23.4 Å². The summed E-state index contributed by atoms with van der Waals surface area (Å²) in [5.41, 5.74) is -4.41. The summed E-state index contributed by atoms with van der Waals surface area (Å²) in [7, 11) is 0. The number of aliphatic hydroxyl groups excluding tert-OH is 1. The van der Waals surface area contributed by atoms with E-state index in [0.29, 0.717) is 12.1 Å². The fraction of sp³-hybridized carbons (Fsp3) is 0.333. The van der Waals surface area contributed by atoms with Crippen molar-refractivity contribution < 1.29 is 32.3 Å². The minimum atomic E-state index is -1.32. The minimum absolute atomic E-state index is 0.0134. The quantitative estimate of drug-likeness (QED) is 0.533. The summed E-state index contributed by atoms with van der Waals surface area (Å²) in [5, 5.41) is 12.3. The van der Waals surface area contributed by atoms with Gasteiger partial charge in [-0.1, -0.05) is 0 Å². The number of nitrogens with zero attached hydrogens (tertiary/aromatic N) is 3. The van der Waals surface area contributed by atoms with E-state index >= 15 is 0 Å². The Morgan fingerprint density at radius 3 is 2.36 bits per heavy atom. The molecule has 2 N–H and O–H groups in total. The highest BCUT2D eigenvalue weighted by Crippen LogP contribution is 2.62. The van der Waals surface area contributed by atoms with E-state index in [1.807, 2.05) is 0 Å². The number of pyridine rings is 2. The lowest BCUT2D eigenvalue weighted by Gasteiger charge is -2.65. The molecule has 4 fully saturated rings. The fourth-order valence-corrected chi connectivity index (χ4v) is 5.46. The van der Waals surface area contributed by atoms with E-state index in [2.05, 4.69) is 10.3 Å². The number of aromatic nitrogens is 2. The van der Waals surface area contributed by atoms with Crippen molar-refractivity contribution in [2.24, 2.45) is 0 Å². The monoisotopic (exact) mass is 502 g/mol. The van der Waals surface area contributed by atoms with Crippen LogP contribution in [-0.4, -0.2) is 50.3 Å². The average molecular weight is 502 g/mol. The van der Waals surface area contributed by atoms with Crippen LogP contribution in [0.5, 0.6) is 0 Å². The fourth-order valence-electron chi connectivity index (χ4n) is 5.46. The molecule has 3 heterocycles. The number of nitrogens with one attached hydrogen (secondary N) is 1. The number of fused-ring (bicyclic) bond motifs is 1. The first-order valence-corrected chi connectivity index (χ1v) is 11.2. The molecule has 1 aliphatic heterocycles. The molecule has 12 heteroatoms. The maximum Gasteiger partial charge on any atom is 0.257 e. The molecule has 1 atom stereocenters. The number of amides is 2. The average Bonchev–Trinajstić information content (AvgIpc) is 3.10. The summed E-state index contributed by atoms with van der Waals surface area (Å²) in [6.45, 7) is -0.0700. The molecule has 0 spiro atoms. The number of anilines is 1. The van der Waals surface area contributed by atoms with Gasteiger partial charge in [-0.15, -0.1) is 0 Å². The Balaban J connectivity index is 1.53. The van der Waals surface area contributed by atoms with E-state index in [1.165, 1.54) is 12.1 Å². The van der Waals surface area contributed by atoms with Crippen molar-refractivity contribution in [3.8, 4) is 5.69 Å². The lowest BCUT2D eigenvalue weighted by atomic mass is 9.47. The van der Waals surface area contributed by atoms with Crippen LogP contribution in [0.2, 0.25) is 0 Å². The van der Waals surface area contributed by atoms with Crippen molar-refractivity contribution in [1.29, 1.82) is 0 Å². The van der Waals surface area contributed by atoms with Crippen LogP contribution in [0.25, 0.3) is 16.7 Å². The van der Waals surface area contributed by atoms with Gasteiger partial charge in [0, 0.05) is 43.1 Å². The normalized spacial score (nSPS) is 26.6. The Kier molecular flexibility index (Phi) is 4.63. The topological polar surface area (TPSA) is 105 Å². The zero-order chi connectivity index (χ0) is 25.6. The third kappa shape index (κ3) is 3.31. The van der Waals surface area contributed by atoms with Gasteiger partial charge in [0.05, 0.1) is 24.5 Å². The van der Waals surface area contributed by atoms with Gasteiger partial charge < -0.3 is 10.4 Å². The first kappa shape index (κ1) is 22.7. The molecule has 7 rings (SSSR count). The van der Waals surface area contributed by atoms with E-state index in [9.17, 15) is 37.1 Å². The number of halogens is 4. The zero-order valence-electron chi connectivity index (χ0n) is 18.5. The molecule has 2 bridgehead atoms. The highest BCUT2D eigenvalue weighted by Gasteiger charge is 2.70. The molecule has 1 aromatic carbocycles. The summed E-state index contributed by atoms with van der Waals surface area (Å²) in [6, 6.07) is 3.45. The molecule has 8 nitrogen and oxygen atoms in total. The molecule has 2 amide bonds. The van der Waals surface area contributed by atoms with Crippen LogP contribution in [0, 0.1) is 17.5 Å². The second kappa shape index (κ2) is 7.36. The van der Waals surface area contributed by atoms with Crippen molar-refractivity contribution >= 4 is 28.7 Å². The van der Waals surface area contributed by atoms with E-state index in [0.717, 1.165) is 15.7 Å². The van der Waals surface area contributed by atoms with E-state index in [1.54, 1.807) is 0 Å². The van der Waals surface area contributed by atoms with Crippen molar-refractivity contribution in [2.45, 2.75) is 43.0 Å². The Hall–Kier alpha value is -3.80. The van der Waals surface area contributed by atoms with Gasteiger partial charge in [0.2, 0.25) is 11.3 Å². The van der Waals surface area contributed by atoms with Gasteiger partial charge in [-0.3, -0.25) is 23.9 Å². The molecular formula is C24H18F4N4O4. The highest BCUT2D eigenvalue weighted by molar-refractivity contribution is 5.99. The Labute approximate surface area is 200 Å². The van der Waals surface area contributed by atoms with E-state index in [4.69, 9.17) is 0 Å². The number of carbonyl (C=O) groups is 2. The van der Waals surface area contributed by atoms with Crippen molar-refractivity contribution in [3.63, 3.8) is 0 Å². The first-order valence-electron chi connectivity index (χ1n) is 11.2. The van der Waals surface area contributed by atoms with Crippen molar-refractivity contribution in [3.05, 3.63) is 63.7 Å². The summed E-state index contributed by atoms with van der Waals surface area (Å²) in [4.78, 5) is 43.9. The Morgan fingerprint density at radius 1 is 1.11 bits per heavy atom. The lowest BCUT2D eigenvalue weighted by molar-refractivity contribution is -0.162. The van der Waals surface area contributed by atoms with Crippen molar-refractivity contribution in [1.82, 2.24) is 14.9 Å². The summed E-state index contributed by atoms with van der Waals surface area (Å²) >= 11 is 0. The predicted octanol–water partition coefficient (Wildman–Crippen LogP) is 2.28. The smallest absolute Gasteiger partial charge is 0.257 e. The number of alkyl halides is 1. The van der Waals surface area contributed by atoms with Crippen LogP contribution in [0.15, 0.2) is 35.3 Å². The molecule has 0 radical (unpaired) electrons. The zero-order valence-corrected chi connectivity index (χ0v) is 18.5. The van der Waals surface area contributed by atoms with E-state index < -0.39 is 63.3 Å². The molecule has 4 aliphatic rings. The van der Waals surface area contributed by atoms with Crippen LogP contribution in [0.3, 0.4) is 0 Å². The van der Waals surface area contributed by atoms with Crippen LogP contribution in [0.1, 0.15) is 36.0 Å². The Bertz CT molecular complexity index is 1510. The molecule has 0 unspecified atom stereocenters. The number of carbonyl (C=O) groups excluding carboxylic acids is 2. The largest absolute Gasteiger partial charge is 0.391 e. The summed E-state index contributed by atoms with van der Waals surface area (Å²) < 4.78 is 57.9. The van der Waals surface area contributed by atoms with Crippen molar-refractivity contribution in [2.75, 3.05) is 11.4 Å². The van der Waals surface area contributed by atoms with Gasteiger partial charge in [0.25, 0.3) is 5.91 Å². The number of rotatable bonds is 4. The highest BCUT2D eigenvalue weighted by atomic mass is 19.2. The molecule has 1 saturated heterocycles. The van der Waals surface area contributed by atoms with Gasteiger partial charge in [0.1, 0.15) is 28.6 Å². The van der Waals surface area contributed by atoms with Crippen LogP contribution < -0.4 is 15.6 Å². The molecule has 3 saturated carbocycles.